The molecule has 0 atom stereocenters. The van der Waals surface area contributed by atoms with E-state index in [2.05, 4.69) is 21.2 Å². The zero-order valence-corrected chi connectivity index (χ0v) is 10.0. The summed E-state index contributed by atoms with van der Waals surface area (Å²) in [6, 6.07) is 5.42. The van der Waals surface area contributed by atoms with Crippen LogP contribution in [0.1, 0.15) is 6.92 Å². The van der Waals surface area contributed by atoms with E-state index in [1.807, 2.05) is 13.0 Å². The molecule has 0 heterocycles. The number of nitrogens with two attached hydrogens (primary N) is 1. The van der Waals surface area contributed by atoms with Crippen molar-refractivity contribution in [2.45, 2.75) is 6.92 Å². The molecule has 0 saturated heterocycles. The number of ether oxygens (including phenoxy) is 1. The van der Waals surface area contributed by atoms with Gasteiger partial charge < -0.3 is 15.8 Å². The smallest absolute Gasteiger partial charge is 0.238 e. The summed E-state index contributed by atoms with van der Waals surface area (Å²) in [6.07, 6.45) is 0. The van der Waals surface area contributed by atoms with Gasteiger partial charge in [0.25, 0.3) is 0 Å². The van der Waals surface area contributed by atoms with Crippen molar-refractivity contribution in [3.63, 3.8) is 0 Å². The Morgan fingerprint density at radius 3 is 2.93 bits per heavy atom. The van der Waals surface area contributed by atoms with Crippen molar-refractivity contribution in [2.75, 3.05) is 18.5 Å². The lowest BCUT2D eigenvalue weighted by Crippen LogP contribution is -2.22. The molecule has 4 nitrogen and oxygen atoms in total. The van der Waals surface area contributed by atoms with Gasteiger partial charge in [0.05, 0.1) is 18.8 Å². The van der Waals surface area contributed by atoms with Crippen LogP contribution >= 0.6 is 15.9 Å². The fourth-order valence-corrected chi connectivity index (χ4v) is 1.44. The second-order valence-electron chi connectivity index (χ2n) is 2.83. The van der Waals surface area contributed by atoms with Crippen LogP contribution in [0.15, 0.2) is 22.7 Å². The maximum atomic E-state index is 11.1. The fourth-order valence-electron chi connectivity index (χ4n) is 1.08. The van der Waals surface area contributed by atoms with Crippen LogP contribution in [-0.4, -0.2) is 19.1 Å². The van der Waals surface area contributed by atoms with Crippen LogP contribution in [0.4, 0.5) is 5.69 Å². The molecular weight excluding hydrogens is 260 g/mol. The van der Waals surface area contributed by atoms with Crippen molar-refractivity contribution in [1.82, 2.24) is 0 Å². The fraction of sp³-hybridized carbons (Fsp3) is 0.300. The Labute approximate surface area is 96.9 Å². The first-order valence-corrected chi connectivity index (χ1v) is 5.39. The minimum Gasteiger partial charge on any atom is -0.492 e. The van der Waals surface area contributed by atoms with E-state index in [-0.39, 0.29) is 12.5 Å². The molecule has 0 spiro atoms. The lowest BCUT2D eigenvalue weighted by atomic mass is 10.3. The first-order valence-electron chi connectivity index (χ1n) is 4.59. The third-order valence-corrected chi connectivity index (χ3v) is 2.19. The predicted octanol–water partition coefficient (Wildman–Crippen LogP) is 1.74. The lowest BCUT2D eigenvalue weighted by molar-refractivity contribution is -0.114. The summed E-state index contributed by atoms with van der Waals surface area (Å²) in [4.78, 5) is 11.1. The van der Waals surface area contributed by atoms with Crippen molar-refractivity contribution in [3.05, 3.63) is 22.7 Å². The molecule has 0 aliphatic rings. The van der Waals surface area contributed by atoms with Crippen molar-refractivity contribution < 1.29 is 9.53 Å². The van der Waals surface area contributed by atoms with Gasteiger partial charge in [0, 0.05) is 4.47 Å². The van der Waals surface area contributed by atoms with Gasteiger partial charge in [-0.1, -0.05) is 15.9 Å². The van der Waals surface area contributed by atoms with Crippen molar-refractivity contribution in [3.8, 4) is 5.75 Å². The van der Waals surface area contributed by atoms with Crippen LogP contribution in [0, 0.1) is 0 Å². The van der Waals surface area contributed by atoms with Crippen LogP contribution < -0.4 is 15.8 Å². The topological polar surface area (TPSA) is 64.3 Å². The normalized spacial score (nSPS) is 9.80. The second-order valence-corrected chi connectivity index (χ2v) is 3.74. The number of anilines is 1. The predicted molar refractivity (Wildman–Crippen MR) is 63.0 cm³/mol. The summed E-state index contributed by atoms with van der Waals surface area (Å²) < 4.78 is 6.23. The van der Waals surface area contributed by atoms with Gasteiger partial charge in [-0.3, -0.25) is 4.79 Å². The number of carbonyl (C=O) groups excluding carboxylic acids is 1. The summed E-state index contributed by atoms with van der Waals surface area (Å²) >= 11 is 3.32. The summed E-state index contributed by atoms with van der Waals surface area (Å²) in [5.41, 5.74) is 5.84. The zero-order valence-electron chi connectivity index (χ0n) is 8.42. The second kappa shape index (κ2) is 5.72. The average molecular weight is 273 g/mol. The van der Waals surface area contributed by atoms with Crippen LogP contribution in [-0.2, 0) is 4.79 Å². The Balaban J connectivity index is 2.91. The van der Waals surface area contributed by atoms with Gasteiger partial charge in [0.1, 0.15) is 5.75 Å². The Morgan fingerprint density at radius 1 is 1.60 bits per heavy atom. The van der Waals surface area contributed by atoms with E-state index in [4.69, 9.17) is 10.5 Å². The molecule has 0 fully saturated rings. The number of carbonyl (C=O) groups is 1. The number of nitrogens with one attached hydrogen (secondary N) is 1. The molecule has 3 N–H and O–H groups in total. The molecular formula is C10H13BrN2O2. The highest BCUT2D eigenvalue weighted by molar-refractivity contribution is 9.10. The number of benzene rings is 1. The van der Waals surface area contributed by atoms with Crippen LogP contribution in [0.3, 0.4) is 0 Å². The molecule has 0 saturated carbocycles. The third-order valence-electron chi connectivity index (χ3n) is 1.70. The summed E-state index contributed by atoms with van der Waals surface area (Å²) in [7, 11) is 0. The summed E-state index contributed by atoms with van der Waals surface area (Å²) in [6.45, 7) is 2.39. The first kappa shape index (κ1) is 12.0. The molecule has 15 heavy (non-hydrogen) atoms. The number of hydrogen-bond donors (Lipinski definition) is 2. The maximum Gasteiger partial charge on any atom is 0.238 e. The molecule has 0 bridgehead atoms. The van der Waals surface area contributed by atoms with Crippen LogP contribution in [0.2, 0.25) is 0 Å². The summed E-state index contributed by atoms with van der Waals surface area (Å²) in [5, 5.41) is 2.67. The number of rotatable bonds is 4. The van der Waals surface area contributed by atoms with Gasteiger partial charge in [0.15, 0.2) is 0 Å². The lowest BCUT2D eigenvalue weighted by Gasteiger charge is -2.11. The molecule has 0 unspecified atom stereocenters. The van der Waals surface area contributed by atoms with Crippen LogP contribution in [0.25, 0.3) is 0 Å². The van der Waals surface area contributed by atoms with E-state index >= 15 is 0 Å². The highest BCUT2D eigenvalue weighted by Crippen LogP contribution is 2.28. The van der Waals surface area contributed by atoms with E-state index in [1.54, 1.807) is 12.1 Å². The standard InChI is InChI=1S/C10H13BrN2O2/c1-2-15-9-4-3-7(11)5-8(9)13-10(14)6-12/h3-5H,2,6,12H2,1H3,(H,13,14). The average Bonchev–Trinajstić information content (AvgIpc) is 2.22. The quantitative estimate of drug-likeness (QED) is 0.878. The van der Waals surface area contributed by atoms with Gasteiger partial charge in [-0.15, -0.1) is 0 Å². The van der Waals surface area contributed by atoms with Gasteiger partial charge >= 0.3 is 0 Å². The van der Waals surface area contributed by atoms with Gasteiger partial charge in [-0.05, 0) is 25.1 Å². The Bertz CT molecular complexity index is 355. The van der Waals surface area contributed by atoms with Gasteiger partial charge in [-0.2, -0.15) is 0 Å². The SMILES string of the molecule is CCOc1ccc(Br)cc1NC(=O)CN. The minimum atomic E-state index is -0.242. The molecule has 0 aliphatic heterocycles. The molecule has 5 heteroatoms. The molecule has 1 aromatic carbocycles. The first-order chi connectivity index (χ1) is 7.17. The zero-order chi connectivity index (χ0) is 11.3. The largest absolute Gasteiger partial charge is 0.492 e. The molecule has 1 rings (SSSR count). The molecule has 1 amide bonds. The van der Waals surface area contributed by atoms with E-state index in [9.17, 15) is 4.79 Å². The molecule has 82 valence electrons. The van der Waals surface area contributed by atoms with Crippen LogP contribution in [0.5, 0.6) is 5.75 Å². The van der Waals surface area contributed by atoms with Gasteiger partial charge in [0.2, 0.25) is 5.91 Å². The third kappa shape index (κ3) is 3.53. The van der Waals surface area contributed by atoms with Gasteiger partial charge in [-0.25, -0.2) is 0 Å². The molecule has 0 aromatic heterocycles. The highest BCUT2D eigenvalue weighted by atomic mass is 79.9. The van der Waals surface area contributed by atoms with E-state index < -0.39 is 0 Å². The van der Waals surface area contributed by atoms with E-state index in [0.717, 1.165) is 4.47 Å². The van der Waals surface area contributed by atoms with Crippen molar-refractivity contribution in [1.29, 1.82) is 0 Å². The number of amides is 1. The maximum absolute atomic E-state index is 11.1. The Hall–Kier alpha value is -1.07. The molecule has 1 aromatic rings. The Kier molecular flexibility index (Phi) is 4.58. The monoisotopic (exact) mass is 272 g/mol. The molecule has 0 radical (unpaired) electrons. The van der Waals surface area contributed by atoms with E-state index in [1.165, 1.54) is 0 Å². The highest BCUT2D eigenvalue weighted by Gasteiger charge is 2.06. The van der Waals surface area contributed by atoms with Crippen molar-refractivity contribution in [2.24, 2.45) is 5.73 Å². The Morgan fingerprint density at radius 2 is 2.33 bits per heavy atom. The number of halogens is 1. The number of hydrogen-bond acceptors (Lipinski definition) is 3. The van der Waals surface area contributed by atoms with E-state index in [0.29, 0.717) is 18.0 Å². The van der Waals surface area contributed by atoms with Crippen molar-refractivity contribution >= 4 is 27.5 Å². The molecule has 0 aliphatic carbocycles. The minimum absolute atomic E-state index is 0.0436. The summed E-state index contributed by atoms with van der Waals surface area (Å²) in [5.74, 6) is 0.400.